The lowest BCUT2D eigenvalue weighted by atomic mass is 10.2. The zero-order valence-electron chi connectivity index (χ0n) is 12.2. The van der Waals surface area contributed by atoms with Gasteiger partial charge < -0.3 is 10.1 Å². The van der Waals surface area contributed by atoms with Gasteiger partial charge in [-0.1, -0.05) is 11.6 Å². The monoisotopic (exact) mass is 368 g/mol. The topological polar surface area (TPSA) is 75.7 Å². The normalized spacial score (nSPS) is 18.1. The van der Waals surface area contributed by atoms with E-state index in [9.17, 15) is 13.2 Å². The minimum atomic E-state index is -3.64. The van der Waals surface area contributed by atoms with E-state index in [0.717, 1.165) is 13.0 Å². The second kappa shape index (κ2) is 7.61. The van der Waals surface area contributed by atoms with Crippen LogP contribution >= 0.6 is 24.0 Å². The lowest BCUT2D eigenvalue weighted by molar-refractivity contribution is 0.0601. The molecule has 1 fully saturated rings. The number of rotatable bonds is 4. The molecule has 6 nitrogen and oxygen atoms in total. The summed E-state index contributed by atoms with van der Waals surface area (Å²) in [5.41, 5.74) is 0.142. The van der Waals surface area contributed by atoms with E-state index in [0.29, 0.717) is 6.54 Å². The van der Waals surface area contributed by atoms with Crippen molar-refractivity contribution in [2.75, 3.05) is 27.2 Å². The van der Waals surface area contributed by atoms with Gasteiger partial charge in [0.2, 0.25) is 10.0 Å². The number of likely N-dealkylation sites (N-methyl/N-ethyl adjacent to an activating group) is 1. The van der Waals surface area contributed by atoms with Crippen molar-refractivity contribution >= 4 is 40.0 Å². The van der Waals surface area contributed by atoms with Crippen molar-refractivity contribution in [2.45, 2.75) is 17.4 Å². The van der Waals surface area contributed by atoms with Gasteiger partial charge in [-0.25, -0.2) is 13.2 Å². The Morgan fingerprint density at radius 2 is 2.14 bits per heavy atom. The molecule has 0 spiro atoms. The van der Waals surface area contributed by atoms with Crippen LogP contribution < -0.4 is 5.32 Å². The molecule has 22 heavy (non-hydrogen) atoms. The minimum Gasteiger partial charge on any atom is -0.465 e. The van der Waals surface area contributed by atoms with Crippen LogP contribution in [0.1, 0.15) is 16.8 Å². The Morgan fingerprint density at radius 1 is 1.45 bits per heavy atom. The summed E-state index contributed by atoms with van der Waals surface area (Å²) in [6, 6.07) is 3.94. The van der Waals surface area contributed by atoms with Gasteiger partial charge in [0.05, 0.1) is 22.6 Å². The number of hydrogen-bond acceptors (Lipinski definition) is 5. The van der Waals surface area contributed by atoms with E-state index in [1.807, 2.05) is 0 Å². The van der Waals surface area contributed by atoms with Gasteiger partial charge in [0.25, 0.3) is 0 Å². The molecule has 9 heteroatoms. The van der Waals surface area contributed by atoms with Crippen LogP contribution in [0.15, 0.2) is 23.1 Å². The number of hydrogen-bond donors (Lipinski definition) is 1. The average molecular weight is 369 g/mol. The fraction of sp³-hybridized carbons (Fsp3) is 0.462. The fourth-order valence-corrected chi connectivity index (χ4v) is 3.98. The van der Waals surface area contributed by atoms with Gasteiger partial charge in [0, 0.05) is 19.6 Å². The Bertz CT molecular complexity index is 645. The largest absolute Gasteiger partial charge is 0.465 e. The van der Waals surface area contributed by atoms with Gasteiger partial charge in [-0.3, -0.25) is 0 Å². The van der Waals surface area contributed by atoms with Crippen LogP contribution in [0.3, 0.4) is 0 Å². The number of carbonyl (C=O) groups is 1. The molecule has 1 aromatic carbocycles. The van der Waals surface area contributed by atoms with Gasteiger partial charge in [0.15, 0.2) is 0 Å². The Labute approximate surface area is 141 Å². The van der Waals surface area contributed by atoms with Crippen molar-refractivity contribution in [3.8, 4) is 0 Å². The molecule has 0 amide bonds. The third-order valence-corrected chi connectivity index (χ3v) is 5.79. The molecular weight excluding hydrogens is 351 g/mol. The van der Waals surface area contributed by atoms with Crippen LogP contribution in [-0.4, -0.2) is 52.0 Å². The SMILES string of the molecule is COC(=O)c1ccc(S(=O)(=O)N(C)C2CCNC2)cc1Cl.Cl. The Morgan fingerprint density at radius 3 is 2.64 bits per heavy atom. The maximum absolute atomic E-state index is 12.5. The van der Waals surface area contributed by atoms with E-state index >= 15 is 0 Å². The second-order valence-corrected chi connectivity index (χ2v) is 7.21. The van der Waals surface area contributed by atoms with E-state index in [1.165, 1.54) is 29.6 Å². The molecule has 0 saturated carbocycles. The molecule has 1 unspecified atom stereocenters. The average Bonchev–Trinajstić information content (AvgIpc) is 2.99. The van der Waals surface area contributed by atoms with Crippen molar-refractivity contribution in [3.63, 3.8) is 0 Å². The standard InChI is InChI=1S/C13H17ClN2O4S.ClH/c1-16(9-5-6-15-8-9)21(18,19)10-3-4-11(12(14)7-10)13(17)20-2;/h3-4,7,9,15H,5-6,8H2,1-2H3;1H. The summed E-state index contributed by atoms with van der Waals surface area (Å²) in [5, 5.41) is 3.18. The summed E-state index contributed by atoms with van der Waals surface area (Å²) in [4.78, 5) is 11.5. The number of nitrogens with zero attached hydrogens (tertiary/aromatic N) is 1. The number of ether oxygens (including phenoxy) is 1. The lowest BCUT2D eigenvalue weighted by Crippen LogP contribution is -2.38. The second-order valence-electron chi connectivity index (χ2n) is 4.80. The van der Waals surface area contributed by atoms with E-state index in [2.05, 4.69) is 10.1 Å². The van der Waals surface area contributed by atoms with E-state index in [4.69, 9.17) is 11.6 Å². The molecule has 124 valence electrons. The zero-order valence-corrected chi connectivity index (χ0v) is 14.6. The molecule has 1 aromatic rings. The van der Waals surface area contributed by atoms with Crippen LogP contribution in [0.2, 0.25) is 5.02 Å². The van der Waals surface area contributed by atoms with Gasteiger partial charge in [-0.15, -0.1) is 12.4 Å². The van der Waals surface area contributed by atoms with E-state index in [-0.39, 0.29) is 33.9 Å². The fourth-order valence-electron chi connectivity index (χ4n) is 2.24. The first-order chi connectivity index (χ1) is 9.87. The van der Waals surface area contributed by atoms with Crippen molar-refractivity contribution in [3.05, 3.63) is 28.8 Å². The molecule has 0 aromatic heterocycles. The Balaban J connectivity index is 0.00000242. The van der Waals surface area contributed by atoms with E-state index < -0.39 is 16.0 Å². The molecule has 0 radical (unpaired) electrons. The molecule has 0 aliphatic carbocycles. The highest BCUT2D eigenvalue weighted by molar-refractivity contribution is 7.89. The highest BCUT2D eigenvalue weighted by Crippen LogP contribution is 2.25. The highest BCUT2D eigenvalue weighted by atomic mass is 35.5. The number of sulfonamides is 1. The number of nitrogens with one attached hydrogen (secondary N) is 1. The van der Waals surface area contributed by atoms with Gasteiger partial charge in [-0.2, -0.15) is 4.31 Å². The third kappa shape index (κ3) is 3.72. The molecule has 2 rings (SSSR count). The van der Waals surface area contributed by atoms with Crippen LogP contribution in [0.4, 0.5) is 0 Å². The first kappa shape index (κ1) is 19.2. The molecule has 1 heterocycles. The highest BCUT2D eigenvalue weighted by Gasteiger charge is 2.30. The molecular formula is C13H18Cl2N2O4S. The third-order valence-electron chi connectivity index (χ3n) is 3.57. The zero-order chi connectivity index (χ0) is 15.6. The van der Waals surface area contributed by atoms with Gasteiger partial charge in [-0.05, 0) is 31.2 Å². The Kier molecular flexibility index (Phi) is 6.64. The molecule has 1 aliphatic heterocycles. The number of esters is 1. The quantitative estimate of drug-likeness (QED) is 0.815. The van der Waals surface area contributed by atoms with Crippen LogP contribution in [0, 0.1) is 0 Å². The molecule has 1 atom stereocenters. The van der Waals surface area contributed by atoms with Crippen LogP contribution in [0.5, 0.6) is 0 Å². The molecule has 1 N–H and O–H groups in total. The first-order valence-electron chi connectivity index (χ1n) is 6.44. The predicted molar refractivity (Wildman–Crippen MR) is 86.3 cm³/mol. The summed E-state index contributed by atoms with van der Waals surface area (Å²) in [5.74, 6) is -0.600. The smallest absolute Gasteiger partial charge is 0.339 e. The van der Waals surface area contributed by atoms with Gasteiger partial charge >= 0.3 is 5.97 Å². The first-order valence-corrected chi connectivity index (χ1v) is 8.26. The van der Waals surface area contributed by atoms with E-state index in [1.54, 1.807) is 7.05 Å². The van der Waals surface area contributed by atoms with Crippen molar-refractivity contribution in [1.82, 2.24) is 9.62 Å². The van der Waals surface area contributed by atoms with Crippen molar-refractivity contribution in [1.29, 1.82) is 0 Å². The van der Waals surface area contributed by atoms with Crippen molar-refractivity contribution < 1.29 is 17.9 Å². The molecule has 1 saturated heterocycles. The maximum Gasteiger partial charge on any atom is 0.339 e. The number of methoxy groups -OCH3 is 1. The summed E-state index contributed by atoms with van der Waals surface area (Å²) in [7, 11) is -0.846. The summed E-state index contributed by atoms with van der Waals surface area (Å²) in [6.45, 7) is 1.43. The van der Waals surface area contributed by atoms with Gasteiger partial charge in [0.1, 0.15) is 0 Å². The van der Waals surface area contributed by atoms with Crippen molar-refractivity contribution in [2.24, 2.45) is 0 Å². The summed E-state index contributed by atoms with van der Waals surface area (Å²) >= 11 is 5.98. The molecule has 1 aliphatic rings. The summed E-state index contributed by atoms with van der Waals surface area (Å²) in [6.07, 6.45) is 0.768. The van der Waals surface area contributed by atoms with Crippen LogP contribution in [-0.2, 0) is 14.8 Å². The summed E-state index contributed by atoms with van der Waals surface area (Å²) < 4.78 is 31.0. The predicted octanol–water partition coefficient (Wildman–Crippen LogP) is 1.53. The Hall–Kier alpha value is -0.860. The maximum atomic E-state index is 12.5. The minimum absolute atomic E-state index is 0. The number of benzene rings is 1. The lowest BCUT2D eigenvalue weighted by Gasteiger charge is -2.23. The molecule has 0 bridgehead atoms. The van der Waals surface area contributed by atoms with Crippen LogP contribution in [0.25, 0.3) is 0 Å². The number of carbonyl (C=O) groups excluding carboxylic acids is 1. The number of halogens is 2.